The fraction of sp³-hybridized carbons (Fsp3) is 0.222. The Morgan fingerprint density at radius 1 is 1.26 bits per heavy atom. The van der Waals surface area contributed by atoms with Crippen molar-refractivity contribution in [1.29, 1.82) is 0 Å². The van der Waals surface area contributed by atoms with Crippen LogP contribution in [0.2, 0.25) is 0 Å². The number of nitrogens with zero attached hydrogens (tertiary/aromatic N) is 2. The zero-order chi connectivity index (χ0) is 16.4. The van der Waals surface area contributed by atoms with Gasteiger partial charge in [-0.15, -0.1) is 0 Å². The third-order valence-corrected chi connectivity index (χ3v) is 3.93. The van der Waals surface area contributed by atoms with Crippen molar-refractivity contribution in [1.82, 2.24) is 5.01 Å². The highest BCUT2D eigenvalue weighted by Gasteiger charge is 2.32. The lowest BCUT2D eigenvalue weighted by Crippen LogP contribution is -2.24. The lowest BCUT2D eigenvalue weighted by Gasteiger charge is -2.20. The summed E-state index contributed by atoms with van der Waals surface area (Å²) in [6, 6.07) is 14.7. The highest BCUT2D eigenvalue weighted by Crippen LogP contribution is 2.35. The first kappa shape index (κ1) is 15.1. The van der Waals surface area contributed by atoms with Crippen molar-refractivity contribution in [2.75, 3.05) is 7.11 Å². The lowest BCUT2D eigenvalue weighted by molar-refractivity contribution is -0.130. The number of hydrogen-bond donors (Lipinski definition) is 1. The number of carbonyl (C=O) groups excluding carboxylic acids is 1. The first-order valence-electron chi connectivity index (χ1n) is 7.39. The minimum atomic E-state index is -0.148. The molecule has 1 amide bonds. The van der Waals surface area contributed by atoms with Gasteiger partial charge in [0.15, 0.2) is 0 Å². The third kappa shape index (κ3) is 2.90. The predicted molar refractivity (Wildman–Crippen MR) is 87.5 cm³/mol. The van der Waals surface area contributed by atoms with E-state index < -0.39 is 0 Å². The van der Waals surface area contributed by atoms with Crippen LogP contribution in [0.5, 0.6) is 11.5 Å². The maximum Gasteiger partial charge on any atom is 0.240 e. The van der Waals surface area contributed by atoms with E-state index in [9.17, 15) is 9.90 Å². The molecule has 0 aromatic heterocycles. The Kier molecular flexibility index (Phi) is 4.02. The Morgan fingerprint density at radius 3 is 2.61 bits per heavy atom. The summed E-state index contributed by atoms with van der Waals surface area (Å²) in [5.41, 5.74) is 2.33. The number of methoxy groups -OCH3 is 1. The number of benzene rings is 2. The second-order valence-electron chi connectivity index (χ2n) is 5.42. The smallest absolute Gasteiger partial charge is 0.240 e. The van der Waals surface area contributed by atoms with Crippen LogP contribution in [0, 0.1) is 0 Å². The van der Waals surface area contributed by atoms with Gasteiger partial charge in [0, 0.05) is 25.0 Å². The number of hydrazone groups is 1. The molecule has 1 heterocycles. The van der Waals surface area contributed by atoms with Crippen LogP contribution in [-0.2, 0) is 4.79 Å². The van der Waals surface area contributed by atoms with Crippen molar-refractivity contribution >= 4 is 11.6 Å². The highest BCUT2D eigenvalue weighted by atomic mass is 16.5. The molecule has 118 valence electrons. The molecular weight excluding hydrogens is 292 g/mol. The molecule has 0 fully saturated rings. The second-order valence-corrected chi connectivity index (χ2v) is 5.42. The van der Waals surface area contributed by atoms with Crippen LogP contribution in [0.3, 0.4) is 0 Å². The van der Waals surface area contributed by atoms with Gasteiger partial charge < -0.3 is 9.84 Å². The van der Waals surface area contributed by atoms with Gasteiger partial charge in [0.2, 0.25) is 5.91 Å². The molecule has 0 saturated heterocycles. The molecule has 5 nitrogen and oxygen atoms in total. The topological polar surface area (TPSA) is 62.1 Å². The Balaban J connectivity index is 1.96. The average Bonchev–Trinajstić information content (AvgIpc) is 3.00. The highest BCUT2D eigenvalue weighted by molar-refractivity contribution is 6.05. The number of phenolic OH excluding ortho intramolecular Hbond substituents is 1. The summed E-state index contributed by atoms with van der Waals surface area (Å²) < 4.78 is 5.10. The van der Waals surface area contributed by atoms with E-state index in [4.69, 9.17) is 4.74 Å². The monoisotopic (exact) mass is 310 g/mol. The van der Waals surface area contributed by atoms with Crippen molar-refractivity contribution in [2.24, 2.45) is 5.10 Å². The van der Waals surface area contributed by atoms with E-state index in [1.807, 2.05) is 30.3 Å². The number of hydrogen-bond acceptors (Lipinski definition) is 4. The van der Waals surface area contributed by atoms with Crippen molar-refractivity contribution in [3.8, 4) is 11.5 Å². The van der Waals surface area contributed by atoms with E-state index in [1.54, 1.807) is 25.3 Å². The van der Waals surface area contributed by atoms with Gasteiger partial charge in [0.05, 0.1) is 18.9 Å². The fourth-order valence-electron chi connectivity index (χ4n) is 2.78. The molecule has 2 aromatic carbocycles. The molecule has 1 aliphatic rings. The molecule has 2 aromatic rings. The van der Waals surface area contributed by atoms with Crippen LogP contribution in [0.25, 0.3) is 0 Å². The molecule has 0 spiro atoms. The van der Waals surface area contributed by atoms with Gasteiger partial charge in [-0.05, 0) is 17.7 Å². The third-order valence-electron chi connectivity index (χ3n) is 3.93. The molecule has 0 bridgehead atoms. The Bertz CT molecular complexity index is 756. The Labute approximate surface area is 134 Å². The van der Waals surface area contributed by atoms with Crippen LogP contribution in [0.4, 0.5) is 0 Å². The largest absolute Gasteiger partial charge is 0.507 e. The molecule has 0 aliphatic carbocycles. The van der Waals surface area contributed by atoms with Crippen LogP contribution in [0.15, 0.2) is 53.6 Å². The Morgan fingerprint density at radius 2 is 2.00 bits per heavy atom. The molecule has 1 atom stereocenters. The van der Waals surface area contributed by atoms with E-state index in [-0.39, 0.29) is 17.7 Å². The zero-order valence-corrected chi connectivity index (χ0v) is 13.1. The van der Waals surface area contributed by atoms with Crippen molar-refractivity contribution in [2.45, 2.75) is 19.4 Å². The van der Waals surface area contributed by atoms with E-state index in [2.05, 4.69) is 5.10 Å². The van der Waals surface area contributed by atoms with Gasteiger partial charge in [0.25, 0.3) is 0 Å². The molecule has 0 saturated carbocycles. The molecule has 3 rings (SSSR count). The van der Waals surface area contributed by atoms with E-state index >= 15 is 0 Å². The maximum absolute atomic E-state index is 11.9. The predicted octanol–water partition coefficient (Wildman–Crippen LogP) is 3.10. The summed E-state index contributed by atoms with van der Waals surface area (Å²) in [4.78, 5) is 11.9. The SMILES string of the molecule is COc1ccc(C2=NN(C(C)=O)[C@H](c3ccccc3)C2)c(O)c1. The number of phenols is 1. The van der Waals surface area contributed by atoms with Gasteiger partial charge in [-0.2, -0.15) is 5.10 Å². The molecule has 1 aliphatic heterocycles. The van der Waals surface area contributed by atoms with Crippen LogP contribution in [-0.4, -0.2) is 28.8 Å². The van der Waals surface area contributed by atoms with Gasteiger partial charge in [-0.1, -0.05) is 30.3 Å². The van der Waals surface area contributed by atoms with E-state index in [0.717, 1.165) is 5.56 Å². The zero-order valence-electron chi connectivity index (χ0n) is 13.1. The van der Waals surface area contributed by atoms with Gasteiger partial charge in [-0.3, -0.25) is 4.79 Å². The molecule has 5 heteroatoms. The number of rotatable bonds is 3. The van der Waals surface area contributed by atoms with Crippen LogP contribution >= 0.6 is 0 Å². The summed E-state index contributed by atoms with van der Waals surface area (Å²) in [5.74, 6) is 0.551. The van der Waals surface area contributed by atoms with Crippen LogP contribution < -0.4 is 4.74 Å². The van der Waals surface area contributed by atoms with Crippen molar-refractivity contribution in [3.05, 3.63) is 59.7 Å². The molecule has 1 N–H and O–H groups in total. The number of amides is 1. The summed E-state index contributed by atoms with van der Waals surface area (Å²) in [6.45, 7) is 1.50. The Hall–Kier alpha value is -2.82. The summed E-state index contributed by atoms with van der Waals surface area (Å²) in [7, 11) is 1.55. The van der Waals surface area contributed by atoms with E-state index in [0.29, 0.717) is 23.4 Å². The van der Waals surface area contributed by atoms with Gasteiger partial charge in [0.1, 0.15) is 11.5 Å². The van der Waals surface area contributed by atoms with Crippen molar-refractivity contribution < 1.29 is 14.6 Å². The molecule has 0 radical (unpaired) electrons. The first-order valence-corrected chi connectivity index (χ1v) is 7.39. The molecular formula is C18H18N2O3. The summed E-state index contributed by atoms with van der Waals surface area (Å²) in [6.07, 6.45) is 0.559. The van der Waals surface area contributed by atoms with Crippen molar-refractivity contribution in [3.63, 3.8) is 0 Å². The normalized spacial score (nSPS) is 17.0. The van der Waals surface area contributed by atoms with Gasteiger partial charge in [-0.25, -0.2) is 5.01 Å². The first-order chi connectivity index (χ1) is 11.1. The summed E-state index contributed by atoms with van der Waals surface area (Å²) >= 11 is 0. The number of ether oxygens (including phenoxy) is 1. The number of carbonyl (C=O) groups is 1. The maximum atomic E-state index is 11.9. The minimum Gasteiger partial charge on any atom is -0.507 e. The minimum absolute atomic E-state index is 0.0975. The summed E-state index contributed by atoms with van der Waals surface area (Å²) in [5, 5.41) is 16.1. The number of aromatic hydroxyl groups is 1. The quantitative estimate of drug-likeness (QED) is 0.947. The van der Waals surface area contributed by atoms with Crippen LogP contribution in [0.1, 0.15) is 30.5 Å². The average molecular weight is 310 g/mol. The lowest BCUT2D eigenvalue weighted by atomic mass is 9.98. The fourth-order valence-corrected chi connectivity index (χ4v) is 2.78. The second kappa shape index (κ2) is 6.12. The molecule has 0 unspecified atom stereocenters. The standard InChI is InChI=1S/C18H18N2O3/c1-12(21)20-17(13-6-4-3-5-7-13)11-16(19-20)15-9-8-14(23-2)10-18(15)22/h3-10,17,22H,11H2,1-2H3/t17-/m0/s1. The molecule has 23 heavy (non-hydrogen) atoms. The van der Waals surface area contributed by atoms with Gasteiger partial charge >= 0.3 is 0 Å². The van der Waals surface area contributed by atoms with E-state index in [1.165, 1.54) is 11.9 Å².